The van der Waals surface area contributed by atoms with Crippen molar-refractivity contribution >= 4 is 21.8 Å². The van der Waals surface area contributed by atoms with Gasteiger partial charge < -0.3 is 9.80 Å². The number of sulfonamides is 1. The molecule has 2 aliphatic heterocycles. The maximum absolute atomic E-state index is 13.1. The molecule has 28 heavy (non-hydrogen) atoms. The lowest BCUT2D eigenvalue weighted by molar-refractivity contribution is -0.136. The summed E-state index contributed by atoms with van der Waals surface area (Å²) in [6.45, 7) is 5.60. The molecule has 2 heterocycles. The van der Waals surface area contributed by atoms with E-state index in [1.807, 2.05) is 4.90 Å². The Balaban J connectivity index is 1.76. The number of nitrogens with zero attached hydrogens (tertiary/aromatic N) is 2. The molecule has 2 amide bonds. The van der Waals surface area contributed by atoms with Crippen molar-refractivity contribution in [2.45, 2.75) is 62.9 Å². The number of carbonyl (C=O) groups is 2. The minimum absolute atomic E-state index is 0.0471. The van der Waals surface area contributed by atoms with Crippen LogP contribution in [-0.2, 0) is 14.8 Å². The van der Waals surface area contributed by atoms with Crippen molar-refractivity contribution in [2.24, 2.45) is 0 Å². The predicted molar refractivity (Wildman–Crippen MR) is 106 cm³/mol. The normalized spacial score (nSPS) is 20.6. The Bertz CT molecular complexity index is 814. The van der Waals surface area contributed by atoms with Gasteiger partial charge in [-0.15, -0.1) is 0 Å². The third-order valence-electron chi connectivity index (χ3n) is 5.27. The van der Waals surface area contributed by atoms with Crippen molar-refractivity contribution in [1.82, 2.24) is 14.5 Å². The molecule has 0 aromatic heterocycles. The molecular formula is C20H29N3O4S. The molecule has 7 nitrogen and oxygen atoms in total. The van der Waals surface area contributed by atoms with Crippen LogP contribution >= 0.6 is 0 Å². The Hall–Kier alpha value is -1.93. The SMILES string of the molecule is CC(C)NS(=O)(=O)c1ccc(C(=O)N2CCCCC2C(=O)N2CCCC2)cc1. The summed E-state index contributed by atoms with van der Waals surface area (Å²) in [5.74, 6) is -0.163. The third kappa shape index (κ3) is 4.55. The highest BCUT2D eigenvalue weighted by atomic mass is 32.2. The largest absolute Gasteiger partial charge is 0.341 e. The first-order chi connectivity index (χ1) is 13.3. The number of benzene rings is 1. The molecule has 0 saturated carbocycles. The maximum Gasteiger partial charge on any atom is 0.254 e. The van der Waals surface area contributed by atoms with Gasteiger partial charge in [0.1, 0.15) is 6.04 Å². The number of hydrogen-bond acceptors (Lipinski definition) is 4. The van der Waals surface area contributed by atoms with Crippen molar-refractivity contribution < 1.29 is 18.0 Å². The van der Waals surface area contributed by atoms with Crippen molar-refractivity contribution in [1.29, 1.82) is 0 Å². The summed E-state index contributed by atoms with van der Waals surface area (Å²) in [6, 6.07) is 5.33. The highest BCUT2D eigenvalue weighted by molar-refractivity contribution is 7.89. The zero-order valence-electron chi connectivity index (χ0n) is 16.6. The van der Waals surface area contributed by atoms with E-state index in [4.69, 9.17) is 0 Å². The van der Waals surface area contributed by atoms with Crippen LogP contribution in [0.1, 0.15) is 56.3 Å². The van der Waals surface area contributed by atoms with Gasteiger partial charge in [0.15, 0.2) is 0 Å². The number of nitrogens with one attached hydrogen (secondary N) is 1. The Labute approximate surface area is 167 Å². The summed E-state index contributed by atoms with van der Waals surface area (Å²) in [5, 5.41) is 0. The van der Waals surface area contributed by atoms with Gasteiger partial charge in [-0.1, -0.05) is 0 Å². The van der Waals surface area contributed by atoms with Gasteiger partial charge in [-0.3, -0.25) is 9.59 Å². The van der Waals surface area contributed by atoms with Crippen molar-refractivity contribution in [2.75, 3.05) is 19.6 Å². The molecule has 1 unspecified atom stereocenters. The number of carbonyl (C=O) groups excluding carboxylic acids is 2. The summed E-state index contributed by atoms with van der Waals surface area (Å²) in [5.41, 5.74) is 0.407. The lowest BCUT2D eigenvalue weighted by Crippen LogP contribution is -2.52. The zero-order chi connectivity index (χ0) is 20.3. The Morgan fingerprint density at radius 2 is 1.61 bits per heavy atom. The number of hydrogen-bond donors (Lipinski definition) is 1. The van der Waals surface area contributed by atoms with E-state index in [0.29, 0.717) is 18.5 Å². The third-order valence-corrected chi connectivity index (χ3v) is 6.94. The number of likely N-dealkylation sites (tertiary alicyclic amines) is 2. The van der Waals surface area contributed by atoms with E-state index in [2.05, 4.69) is 4.72 Å². The van der Waals surface area contributed by atoms with E-state index in [1.54, 1.807) is 18.7 Å². The monoisotopic (exact) mass is 407 g/mol. The van der Waals surface area contributed by atoms with Gasteiger partial charge in [-0.05, 0) is 70.2 Å². The number of rotatable bonds is 5. The fourth-order valence-corrected chi connectivity index (χ4v) is 5.15. The summed E-state index contributed by atoms with van der Waals surface area (Å²) in [4.78, 5) is 29.6. The quantitative estimate of drug-likeness (QED) is 0.809. The van der Waals surface area contributed by atoms with E-state index >= 15 is 0 Å². The molecule has 0 spiro atoms. The summed E-state index contributed by atoms with van der Waals surface area (Å²) >= 11 is 0. The number of amides is 2. The van der Waals surface area contributed by atoms with Crippen LogP contribution in [0, 0.1) is 0 Å². The molecular weight excluding hydrogens is 378 g/mol. The minimum Gasteiger partial charge on any atom is -0.341 e. The van der Waals surface area contributed by atoms with Gasteiger partial charge in [-0.2, -0.15) is 0 Å². The lowest BCUT2D eigenvalue weighted by atomic mass is 9.99. The fraction of sp³-hybridized carbons (Fsp3) is 0.600. The van der Waals surface area contributed by atoms with Crippen molar-refractivity contribution in [3.63, 3.8) is 0 Å². The molecule has 0 bridgehead atoms. The standard InChI is InChI=1S/C20H29N3O4S/c1-15(2)21-28(26,27)17-10-8-16(9-11-17)19(24)23-14-4-3-7-18(23)20(25)22-12-5-6-13-22/h8-11,15,18,21H,3-7,12-14H2,1-2H3. The van der Waals surface area contributed by atoms with Crippen molar-refractivity contribution in [3.05, 3.63) is 29.8 Å². The van der Waals surface area contributed by atoms with E-state index in [1.165, 1.54) is 24.3 Å². The average Bonchev–Trinajstić information content (AvgIpc) is 3.21. The lowest BCUT2D eigenvalue weighted by Gasteiger charge is -2.36. The minimum atomic E-state index is -3.60. The molecule has 1 aromatic carbocycles. The molecule has 1 N–H and O–H groups in total. The summed E-state index contributed by atoms with van der Waals surface area (Å²) in [7, 11) is -3.60. The summed E-state index contributed by atoms with van der Waals surface area (Å²) < 4.78 is 27.0. The van der Waals surface area contributed by atoms with Gasteiger partial charge in [0.2, 0.25) is 15.9 Å². The highest BCUT2D eigenvalue weighted by Crippen LogP contribution is 2.23. The molecule has 2 aliphatic rings. The van der Waals surface area contributed by atoms with Gasteiger partial charge in [0, 0.05) is 31.2 Å². The highest BCUT2D eigenvalue weighted by Gasteiger charge is 2.35. The van der Waals surface area contributed by atoms with Crippen LogP contribution in [0.5, 0.6) is 0 Å². The Morgan fingerprint density at radius 3 is 2.21 bits per heavy atom. The van der Waals surface area contributed by atoms with Crippen LogP contribution in [0.3, 0.4) is 0 Å². The van der Waals surface area contributed by atoms with Crippen LogP contribution in [0.2, 0.25) is 0 Å². The Kier molecular flexibility index (Phi) is 6.40. The van der Waals surface area contributed by atoms with E-state index < -0.39 is 16.1 Å². The molecule has 8 heteroatoms. The van der Waals surface area contributed by atoms with Crippen LogP contribution in [0.15, 0.2) is 29.2 Å². The average molecular weight is 408 g/mol. The van der Waals surface area contributed by atoms with Crippen LogP contribution < -0.4 is 4.72 Å². The molecule has 0 radical (unpaired) electrons. The second-order valence-corrected chi connectivity index (χ2v) is 9.56. The molecule has 2 saturated heterocycles. The second kappa shape index (κ2) is 8.61. The topological polar surface area (TPSA) is 86.8 Å². The number of piperidine rings is 1. The molecule has 1 aromatic rings. The molecule has 3 rings (SSSR count). The second-order valence-electron chi connectivity index (χ2n) is 7.84. The first-order valence-electron chi connectivity index (χ1n) is 10.0. The maximum atomic E-state index is 13.1. The summed E-state index contributed by atoms with van der Waals surface area (Å²) in [6.07, 6.45) is 4.54. The van der Waals surface area contributed by atoms with Gasteiger partial charge in [0.05, 0.1) is 4.90 Å². The zero-order valence-corrected chi connectivity index (χ0v) is 17.4. The predicted octanol–water partition coefficient (Wildman–Crippen LogP) is 1.99. The molecule has 1 atom stereocenters. The van der Waals surface area contributed by atoms with Crippen molar-refractivity contribution in [3.8, 4) is 0 Å². The van der Waals surface area contributed by atoms with Gasteiger partial charge in [-0.25, -0.2) is 13.1 Å². The molecule has 0 aliphatic carbocycles. The van der Waals surface area contributed by atoms with Gasteiger partial charge >= 0.3 is 0 Å². The van der Waals surface area contributed by atoms with Gasteiger partial charge in [0.25, 0.3) is 5.91 Å². The smallest absolute Gasteiger partial charge is 0.254 e. The fourth-order valence-electron chi connectivity index (χ4n) is 3.90. The van der Waals surface area contributed by atoms with Crippen LogP contribution in [0.25, 0.3) is 0 Å². The molecule has 154 valence electrons. The Morgan fingerprint density at radius 1 is 1.00 bits per heavy atom. The van der Waals surface area contributed by atoms with E-state index in [-0.39, 0.29) is 22.8 Å². The van der Waals surface area contributed by atoms with Crippen LogP contribution in [-0.4, -0.2) is 61.7 Å². The van der Waals surface area contributed by atoms with E-state index in [9.17, 15) is 18.0 Å². The first-order valence-corrected chi connectivity index (χ1v) is 11.5. The molecule has 2 fully saturated rings. The van der Waals surface area contributed by atoms with E-state index in [0.717, 1.165) is 38.8 Å². The first kappa shape index (κ1) is 20.8. The van der Waals surface area contributed by atoms with Crippen LogP contribution in [0.4, 0.5) is 0 Å².